The molecule has 4 heteroatoms. The van der Waals surface area contributed by atoms with E-state index in [1.54, 1.807) is 0 Å². The van der Waals surface area contributed by atoms with Gasteiger partial charge in [-0.3, -0.25) is 9.78 Å². The van der Waals surface area contributed by atoms with E-state index >= 15 is 0 Å². The first-order valence-corrected chi connectivity index (χ1v) is 7.83. The molecule has 1 fully saturated rings. The Labute approximate surface area is 134 Å². The summed E-state index contributed by atoms with van der Waals surface area (Å²) in [6.45, 7) is 0. The molecule has 0 saturated heterocycles. The lowest BCUT2D eigenvalue weighted by Crippen LogP contribution is -2.35. The predicted molar refractivity (Wildman–Crippen MR) is 84.3 cm³/mol. The van der Waals surface area contributed by atoms with Gasteiger partial charge in [-0.25, -0.2) is 4.39 Å². The summed E-state index contributed by atoms with van der Waals surface area (Å²) in [4.78, 5) is 17.1. The molecule has 0 bridgehead atoms. The number of carbonyl (C=O) groups excluding carboxylic acids is 1. The van der Waals surface area contributed by atoms with Crippen molar-refractivity contribution in [1.29, 1.82) is 0 Å². The summed E-state index contributed by atoms with van der Waals surface area (Å²) in [7, 11) is 0. The maximum absolute atomic E-state index is 13.0. The Morgan fingerprint density at radius 2 is 1.96 bits per heavy atom. The molecule has 2 aromatic rings. The Hall–Kier alpha value is -2.49. The van der Waals surface area contributed by atoms with Gasteiger partial charge in [-0.2, -0.15) is 0 Å². The van der Waals surface area contributed by atoms with Crippen LogP contribution in [-0.4, -0.2) is 10.9 Å². The lowest BCUT2D eigenvalue weighted by Gasteiger charge is -2.19. The molecule has 0 aliphatic heterocycles. The van der Waals surface area contributed by atoms with Crippen LogP contribution in [0.15, 0.2) is 42.5 Å². The summed E-state index contributed by atoms with van der Waals surface area (Å²) < 4.78 is 13.0. The molecule has 3 nitrogen and oxygen atoms in total. The molecule has 115 valence electrons. The maximum atomic E-state index is 13.0. The summed E-state index contributed by atoms with van der Waals surface area (Å²) in [6, 6.07) is 9.60. The summed E-state index contributed by atoms with van der Waals surface area (Å²) >= 11 is 0. The second-order valence-electron chi connectivity index (χ2n) is 6.12. The van der Waals surface area contributed by atoms with Crippen molar-refractivity contribution in [3.8, 4) is 0 Å². The summed E-state index contributed by atoms with van der Waals surface area (Å²) in [5.74, 6) is -0.531. The Kier molecular flexibility index (Phi) is 3.26. The first-order valence-electron chi connectivity index (χ1n) is 7.83. The van der Waals surface area contributed by atoms with Crippen LogP contribution in [0.2, 0.25) is 0 Å². The van der Waals surface area contributed by atoms with Crippen LogP contribution in [0.25, 0.3) is 0 Å². The van der Waals surface area contributed by atoms with Crippen molar-refractivity contribution in [3.05, 3.63) is 76.9 Å². The SMILES string of the molecule is O=C(NC1(c2ccc3c(n2)CCC=[C]3)CC1)c1ccc(F)cc1. The third-order valence-corrected chi connectivity index (χ3v) is 4.46. The minimum atomic E-state index is -0.373. The summed E-state index contributed by atoms with van der Waals surface area (Å²) in [5, 5.41) is 3.07. The van der Waals surface area contributed by atoms with Crippen LogP contribution in [0.3, 0.4) is 0 Å². The number of aryl methyl sites for hydroxylation is 1. The molecule has 0 atom stereocenters. The standard InChI is InChI=1S/C19H16FN2O/c20-15-8-5-14(6-9-15)18(23)22-19(11-12-19)17-10-7-13-3-1-2-4-16(13)21-17/h1,5-10H,2,4,11-12H2,(H,22,23). The van der Waals surface area contributed by atoms with E-state index in [1.165, 1.54) is 24.3 Å². The van der Waals surface area contributed by atoms with E-state index in [0.717, 1.165) is 42.6 Å². The lowest BCUT2D eigenvalue weighted by atomic mass is 10.0. The molecule has 2 aliphatic carbocycles. The number of hydrogen-bond acceptors (Lipinski definition) is 2. The molecular formula is C19H16FN2O. The van der Waals surface area contributed by atoms with Crippen LogP contribution in [0.4, 0.5) is 4.39 Å². The first kappa shape index (κ1) is 14.1. The molecule has 1 amide bonds. The first-order chi connectivity index (χ1) is 11.2. The molecule has 1 aromatic carbocycles. The number of halogens is 1. The van der Waals surface area contributed by atoms with Crippen LogP contribution in [0.1, 0.15) is 46.6 Å². The second kappa shape index (κ2) is 5.30. The van der Waals surface area contributed by atoms with Gasteiger partial charge in [0, 0.05) is 16.8 Å². The van der Waals surface area contributed by atoms with Crippen molar-refractivity contribution >= 4 is 5.91 Å². The van der Waals surface area contributed by atoms with Gasteiger partial charge in [-0.1, -0.05) is 12.1 Å². The molecule has 4 rings (SSSR count). The van der Waals surface area contributed by atoms with Crippen molar-refractivity contribution in [3.63, 3.8) is 0 Å². The van der Waals surface area contributed by atoms with Gasteiger partial charge in [0.15, 0.2) is 0 Å². The van der Waals surface area contributed by atoms with E-state index in [0.29, 0.717) is 5.56 Å². The molecule has 0 unspecified atom stereocenters. The molecule has 1 radical (unpaired) electrons. The molecule has 2 aliphatic rings. The highest BCUT2D eigenvalue weighted by Crippen LogP contribution is 2.45. The molecule has 23 heavy (non-hydrogen) atoms. The van der Waals surface area contributed by atoms with Gasteiger partial charge in [0.05, 0.1) is 11.2 Å². The van der Waals surface area contributed by atoms with Gasteiger partial charge in [0.1, 0.15) is 5.82 Å². The van der Waals surface area contributed by atoms with E-state index in [1.807, 2.05) is 18.2 Å². The van der Waals surface area contributed by atoms with E-state index in [-0.39, 0.29) is 17.3 Å². The minimum Gasteiger partial charge on any atom is -0.341 e. The highest BCUT2D eigenvalue weighted by Gasteiger charge is 2.47. The zero-order valence-electron chi connectivity index (χ0n) is 12.6. The number of allylic oxidation sites excluding steroid dienone is 1. The average molecular weight is 307 g/mol. The molecule has 1 heterocycles. The van der Waals surface area contributed by atoms with Crippen molar-refractivity contribution in [2.45, 2.75) is 31.2 Å². The quantitative estimate of drug-likeness (QED) is 0.945. The Balaban J connectivity index is 1.58. The number of hydrogen-bond donors (Lipinski definition) is 1. The normalized spacial score (nSPS) is 17.4. The molecule has 1 aromatic heterocycles. The Bertz CT molecular complexity index is 792. The highest BCUT2D eigenvalue weighted by molar-refractivity contribution is 5.95. The highest BCUT2D eigenvalue weighted by atomic mass is 19.1. The van der Waals surface area contributed by atoms with Gasteiger partial charge < -0.3 is 5.32 Å². The smallest absolute Gasteiger partial charge is 0.252 e. The number of amides is 1. The Morgan fingerprint density at radius 3 is 2.70 bits per heavy atom. The second-order valence-corrected chi connectivity index (χ2v) is 6.12. The molecular weight excluding hydrogens is 291 g/mol. The van der Waals surface area contributed by atoms with Gasteiger partial charge in [-0.05, 0) is 62.1 Å². The zero-order chi connectivity index (χ0) is 15.9. The van der Waals surface area contributed by atoms with E-state index < -0.39 is 0 Å². The van der Waals surface area contributed by atoms with Gasteiger partial charge in [0.2, 0.25) is 0 Å². The van der Waals surface area contributed by atoms with Crippen LogP contribution in [-0.2, 0) is 12.0 Å². The van der Waals surface area contributed by atoms with E-state index in [9.17, 15) is 9.18 Å². The van der Waals surface area contributed by atoms with Crippen molar-refractivity contribution in [2.24, 2.45) is 0 Å². The number of benzene rings is 1. The van der Waals surface area contributed by atoms with Gasteiger partial charge in [-0.15, -0.1) is 0 Å². The fourth-order valence-electron chi connectivity index (χ4n) is 2.94. The summed E-state index contributed by atoms with van der Waals surface area (Å²) in [6.07, 6.45) is 8.89. The lowest BCUT2D eigenvalue weighted by molar-refractivity contribution is 0.0929. The predicted octanol–water partition coefficient (Wildman–Crippen LogP) is 3.29. The zero-order valence-corrected chi connectivity index (χ0v) is 12.6. The number of nitrogens with one attached hydrogen (secondary N) is 1. The minimum absolute atomic E-state index is 0.187. The summed E-state index contributed by atoms with van der Waals surface area (Å²) in [5.41, 5.74) is 3.09. The van der Waals surface area contributed by atoms with Crippen molar-refractivity contribution < 1.29 is 9.18 Å². The topological polar surface area (TPSA) is 42.0 Å². The Morgan fingerprint density at radius 1 is 1.17 bits per heavy atom. The monoisotopic (exact) mass is 307 g/mol. The van der Waals surface area contributed by atoms with E-state index in [2.05, 4.69) is 11.4 Å². The number of pyridine rings is 1. The molecule has 1 saturated carbocycles. The largest absolute Gasteiger partial charge is 0.341 e. The van der Waals surface area contributed by atoms with Crippen molar-refractivity contribution in [1.82, 2.24) is 10.3 Å². The van der Waals surface area contributed by atoms with Gasteiger partial charge >= 0.3 is 0 Å². The van der Waals surface area contributed by atoms with E-state index in [4.69, 9.17) is 4.98 Å². The van der Waals surface area contributed by atoms with Crippen molar-refractivity contribution in [2.75, 3.05) is 0 Å². The number of carbonyl (C=O) groups is 1. The number of fused-ring (bicyclic) bond motifs is 1. The third-order valence-electron chi connectivity index (χ3n) is 4.46. The third kappa shape index (κ3) is 2.65. The average Bonchev–Trinajstić information content (AvgIpc) is 3.35. The van der Waals surface area contributed by atoms with Crippen LogP contribution < -0.4 is 5.32 Å². The molecule has 0 spiro atoms. The maximum Gasteiger partial charge on any atom is 0.252 e. The number of aromatic nitrogens is 1. The number of rotatable bonds is 3. The molecule has 1 N–H and O–H groups in total. The fourth-order valence-corrected chi connectivity index (χ4v) is 2.94. The van der Waals surface area contributed by atoms with Crippen LogP contribution in [0.5, 0.6) is 0 Å². The van der Waals surface area contributed by atoms with Crippen LogP contribution in [0, 0.1) is 11.9 Å². The van der Waals surface area contributed by atoms with Gasteiger partial charge in [0.25, 0.3) is 5.91 Å². The van der Waals surface area contributed by atoms with Crippen LogP contribution >= 0.6 is 0 Å². The fraction of sp³-hybridized carbons (Fsp3) is 0.263. The number of nitrogens with zero attached hydrogens (tertiary/aromatic N) is 1.